The maximum Gasteiger partial charge on any atom is 0.0669 e. The van der Waals surface area contributed by atoms with Gasteiger partial charge in [0.1, 0.15) is 0 Å². The van der Waals surface area contributed by atoms with E-state index in [1.807, 2.05) is 6.92 Å². The third-order valence-corrected chi connectivity index (χ3v) is 2.91. The molecule has 0 aromatic heterocycles. The van der Waals surface area contributed by atoms with Gasteiger partial charge in [-0.05, 0) is 33.2 Å². The van der Waals surface area contributed by atoms with Crippen LogP contribution in [-0.2, 0) is 0 Å². The first-order valence-electron chi connectivity index (χ1n) is 4.97. The topological polar surface area (TPSA) is 47.3 Å². The molecule has 0 amide bonds. The summed E-state index contributed by atoms with van der Waals surface area (Å²) in [6.07, 6.45) is 1.78. The average molecular weight is 182 g/mol. The lowest BCUT2D eigenvalue weighted by Crippen LogP contribution is -2.45. The normalized spacial score (nSPS) is 29.2. The van der Waals surface area contributed by atoms with Gasteiger partial charge in [-0.25, -0.2) is 0 Å². The minimum absolute atomic E-state index is 0.162. The van der Waals surface area contributed by atoms with Gasteiger partial charge in [-0.15, -0.1) is 0 Å². The van der Waals surface area contributed by atoms with Crippen molar-refractivity contribution in [3.8, 4) is 6.07 Å². The highest BCUT2D eigenvalue weighted by Crippen LogP contribution is 2.18. The van der Waals surface area contributed by atoms with E-state index < -0.39 is 0 Å². The Bertz CT molecular complexity index is 198. The Hall–Kier alpha value is -0.590. The quantitative estimate of drug-likeness (QED) is 0.692. The summed E-state index contributed by atoms with van der Waals surface area (Å²) in [6.45, 7) is 5.66. The van der Waals surface area contributed by atoms with E-state index in [1.54, 1.807) is 6.92 Å². The number of piperidine rings is 1. The van der Waals surface area contributed by atoms with E-state index in [4.69, 9.17) is 5.26 Å². The molecule has 1 aliphatic rings. The Morgan fingerprint density at radius 1 is 1.54 bits per heavy atom. The number of hydrogen-bond acceptors (Lipinski definition) is 3. The van der Waals surface area contributed by atoms with Gasteiger partial charge in [0.05, 0.1) is 18.1 Å². The van der Waals surface area contributed by atoms with Crippen LogP contribution in [0.5, 0.6) is 0 Å². The zero-order chi connectivity index (χ0) is 9.84. The Morgan fingerprint density at radius 3 is 2.77 bits per heavy atom. The lowest BCUT2D eigenvalue weighted by atomic mass is 9.97. The smallest absolute Gasteiger partial charge is 0.0669 e. The predicted molar refractivity (Wildman–Crippen MR) is 51.1 cm³/mol. The van der Waals surface area contributed by atoms with Crippen LogP contribution in [0.25, 0.3) is 0 Å². The summed E-state index contributed by atoms with van der Waals surface area (Å²) < 4.78 is 0. The van der Waals surface area contributed by atoms with Crippen LogP contribution in [0.4, 0.5) is 0 Å². The highest BCUT2D eigenvalue weighted by atomic mass is 16.3. The second-order valence-corrected chi connectivity index (χ2v) is 3.94. The van der Waals surface area contributed by atoms with Gasteiger partial charge in [-0.3, -0.25) is 4.90 Å². The monoisotopic (exact) mass is 182 g/mol. The van der Waals surface area contributed by atoms with Crippen LogP contribution >= 0.6 is 0 Å². The Balaban J connectivity index is 2.47. The second-order valence-electron chi connectivity index (χ2n) is 3.94. The molecule has 1 heterocycles. The highest BCUT2D eigenvalue weighted by Gasteiger charge is 2.25. The van der Waals surface area contributed by atoms with E-state index >= 15 is 0 Å². The van der Waals surface area contributed by atoms with Gasteiger partial charge in [0.15, 0.2) is 0 Å². The molecule has 13 heavy (non-hydrogen) atoms. The third kappa shape index (κ3) is 2.68. The zero-order valence-electron chi connectivity index (χ0n) is 8.40. The number of likely N-dealkylation sites (tertiary alicyclic amines) is 1. The van der Waals surface area contributed by atoms with Crippen molar-refractivity contribution in [2.24, 2.45) is 5.92 Å². The molecule has 3 atom stereocenters. The summed E-state index contributed by atoms with van der Waals surface area (Å²) in [5.74, 6) is 0.162. The predicted octanol–water partition coefficient (Wildman–Crippen LogP) is 0.991. The molecule has 74 valence electrons. The van der Waals surface area contributed by atoms with Crippen molar-refractivity contribution in [3.05, 3.63) is 0 Å². The van der Waals surface area contributed by atoms with Crippen LogP contribution < -0.4 is 0 Å². The lowest BCUT2D eigenvalue weighted by molar-refractivity contribution is 0.0507. The van der Waals surface area contributed by atoms with Crippen molar-refractivity contribution >= 4 is 0 Å². The maximum atomic E-state index is 9.41. The molecule has 0 aliphatic carbocycles. The van der Waals surface area contributed by atoms with Gasteiger partial charge < -0.3 is 5.11 Å². The molecule has 1 aliphatic heterocycles. The third-order valence-electron chi connectivity index (χ3n) is 2.91. The van der Waals surface area contributed by atoms with Crippen LogP contribution in [0, 0.1) is 17.2 Å². The van der Waals surface area contributed by atoms with Crippen molar-refractivity contribution in [3.63, 3.8) is 0 Å². The molecule has 3 unspecified atom stereocenters. The summed E-state index contributed by atoms with van der Waals surface area (Å²) in [4.78, 5) is 2.21. The first-order chi connectivity index (χ1) is 6.15. The Kier molecular flexibility index (Phi) is 3.71. The van der Waals surface area contributed by atoms with E-state index in [0.29, 0.717) is 0 Å². The summed E-state index contributed by atoms with van der Waals surface area (Å²) in [5, 5.41) is 18.2. The van der Waals surface area contributed by atoms with Gasteiger partial charge >= 0.3 is 0 Å². The molecule has 0 spiro atoms. The fourth-order valence-electron chi connectivity index (χ4n) is 1.79. The number of aliphatic hydroxyl groups is 1. The van der Waals surface area contributed by atoms with E-state index in [9.17, 15) is 5.11 Å². The largest absolute Gasteiger partial charge is 0.392 e. The number of nitriles is 1. The van der Waals surface area contributed by atoms with Crippen LogP contribution in [0.3, 0.4) is 0 Å². The van der Waals surface area contributed by atoms with Crippen molar-refractivity contribution in [1.29, 1.82) is 5.26 Å². The van der Waals surface area contributed by atoms with Gasteiger partial charge in [-0.2, -0.15) is 5.26 Å². The fraction of sp³-hybridized carbons (Fsp3) is 0.900. The minimum Gasteiger partial charge on any atom is -0.392 e. The maximum absolute atomic E-state index is 9.41. The molecule has 0 aromatic rings. The first-order valence-corrected chi connectivity index (χ1v) is 4.97. The van der Waals surface area contributed by atoms with Gasteiger partial charge in [0, 0.05) is 12.6 Å². The van der Waals surface area contributed by atoms with Crippen molar-refractivity contribution in [1.82, 2.24) is 4.90 Å². The number of rotatable bonds is 2. The molecule has 1 fully saturated rings. The van der Waals surface area contributed by atoms with Gasteiger partial charge in [-0.1, -0.05) is 0 Å². The van der Waals surface area contributed by atoms with E-state index in [2.05, 4.69) is 11.0 Å². The lowest BCUT2D eigenvalue weighted by Gasteiger charge is -2.35. The number of hydrogen-bond donors (Lipinski definition) is 1. The van der Waals surface area contributed by atoms with E-state index in [0.717, 1.165) is 25.9 Å². The van der Waals surface area contributed by atoms with Crippen LogP contribution in [-0.4, -0.2) is 35.2 Å². The van der Waals surface area contributed by atoms with Crippen LogP contribution in [0.1, 0.15) is 26.7 Å². The second kappa shape index (κ2) is 4.59. The molecule has 0 aromatic carbocycles. The fourth-order valence-corrected chi connectivity index (χ4v) is 1.79. The molecule has 1 rings (SSSR count). The summed E-state index contributed by atoms with van der Waals surface area (Å²) in [7, 11) is 0. The molecule has 1 N–H and O–H groups in total. The minimum atomic E-state index is -0.308. The first kappa shape index (κ1) is 10.5. The Labute approximate surface area is 80.0 Å². The van der Waals surface area contributed by atoms with Crippen molar-refractivity contribution < 1.29 is 5.11 Å². The molecule has 3 heteroatoms. The SMILES string of the molecule is CC(O)C(C)N1CCCC(C#N)C1. The zero-order valence-corrected chi connectivity index (χ0v) is 8.40. The summed E-state index contributed by atoms with van der Waals surface area (Å²) in [5.41, 5.74) is 0. The van der Waals surface area contributed by atoms with Crippen molar-refractivity contribution in [2.75, 3.05) is 13.1 Å². The summed E-state index contributed by atoms with van der Waals surface area (Å²) >= 11 is 0. The highest BCUT2D eigenvalue weighted by molar-refractivity contribution is 4.90. The van der Waals surface area contributed by atoms with E-state index in [-0.39, 0.29) is 18.1 Å². The molecule has 0 saturated carbocycles. The molecule has 3 nitrogen and oxygen atoms in total. The average Bonchev–Trinajstić information content (AvgIpc) is 2.16. The van der Waals surface area contributed by atoms with E-state index in [1.165, 1.54) is 0 Å². The molecule has 0 bridgehead atoms. The molecular weight excluding hydrogens is 164 g/mol. The van der Waals surface area contributed by atoms with Crippen molar-refractivity contribution in [2.45, 2.75) is 38.8 Å². The standard InChI is InChI=1S/C10H18N2O/c1-8(9(2)13)12-5-3-4-10(6-11)7-12/h8-10,13H,3-5,7H2,1-2H3. The number of nitrogens with zero attached hydrogens (tertiary/aromatic N) is 2. The van der Waals surface area contributed by atoms with Gasteiger partial charge in [0.25, 0.3) is 0 Å². The van der Waals surface area contributed by atoms with Gasteiger partial charge in [0.2, 0.25) is 0 Å². The Morgan fingerprint density at radius 2 is 2.23 bits per heavy atom. The molecular formula is C10H18N2O. The number of aliphatic hydroxyl groups excluding tert-OH is 1. The summed E-state index contributed by atoms with van der Waals surface area (Å²) in [6, 6.07) is 2.48. The van der Waals surface area contributed by atoms with Crippen LogP contribution in [0.15, 0.2) is 0 Å². The molecule has 0 radical (unpaired) electrons. The van der Waals surface area contributed by atoms with Crippen LogP contribution in [0.2, 0.25) is 0 Å². The molecule has 1 saturated heterocycles.